The summed E-state index contributed by atoms with van der Waals surface area (Å²) in [4.78, 5) is 5.28. The largest absolute Gasteiger partial charge is 0.382 e. The number of benzene rings is 3. The number of rotatable bonds is 10. The van der Waals surface area contributed by atoms with Crippen molar-refractivity contribution in [3.8, 4) is 11.3 Å². The Kier molecular flexibility index (Phi) is 12.0. The maximum absolute atomic E-state index is 5.28. The van der Waals surface area contributed by atoms with Crippen LogP contribution in [0.25, 0.3) is 11.3 Å². The van der Waals surface area contributed by atoms with Crippen LogP contribution in [0.3, 0.4) is 0 Å². The molecule has 1 aromatic heterocycles. The molecule has 1 heterocycles. The third-order valence-corrected chi connectivity index (χ3v) is 7.10. The van der Waals surface area contributed by atoms with E-state index in [4.69, 9.17) is 4.98 Å². The molecular formula is C38H51N3. The predicted octanol–water partition coefficient (Wildman–Crippen LogP) is 11.1. The molecule has 0 amide bonds. The minimum atomic E-state index is -0.0758. The van der Waals surface area contributed by atoms with Gasteiger partial charge in [-0.2, -0.15) is 0 Å². The summed E-state index contributed by atoms with van der Waals surface area (Å²) in [5.74, 6) is 1.66. The van der Waals surface area contributed by atoms with Crippen molar-refractivity contribution in [2.75, 3.05) is 10.6 Å². The van der Waals surface area contributed by atoms with Gasteiger partial charge in [0.1, 0.15) is 0 Å². The average molecular weight is 550 g/mol. The molecule has 3 nitrogen and oxygen atoms in total. The lowest BCUT2D eigenvalue weighted by atomic mass is 9.90. The molecule has 41 heavy (non-hydrogen) atoms. The first kappa shape index (κ1) is 31.9. The van der Waals surface area contributed by atoms with Crippen molar-refractivity contribution in [2.24, 2.45) is 5.92 Å². The maximum Gasteiger partial charge on any atom is 0.0943 e. The number of aromatic nitrogens is 1. The molecule has 2 N–H and O–H groups in total. The number of nitrogens with one attached hydrogen (secondary N) is 2. The van der Waals surface area contributed by atoms with Crippen LogP contribution < -0.4 is 10.6 Å². The van der Waals surface area contributed by atoms with Crippen molar-refractivity contribution in [3.63, 3.8) is 0 Å². The maximum atomic E-state index is 5.28. The van der Waals surface area contributed by atoms with E-state index >= 15 is 0 Å². The Morgan fingerprint density at radius 3 is 1.71 bits per heavy atom. The smallest absolute Gasteiger partial charge is 0.0943 e. The van der Waals surface area contributed by atoms with Crippen molar-refractivity contribution in [3.05, 3.63) is 113 Å². The van der Waals surface area contributed by atoms with Crippen LogP contribution in [0.15, 0.2) is 91.0 Å². The monoisotopic (exact) mass is 549 g/mol. The van der Waals surface area contributed by atoms with Gasteiger partial charge >= 0.3 is 0 Å². The van der Waals surface area contributed by atoms with Crippen LogP contribution in [-0.2, 0) is 0 Å². The SMILES string of the molecule is CC(C)C.CCC(C)Nc1ccccc1-c1cccc(C(Nc2ccccc2C(C)C)c2ccccc2C(C)C)n1. The van der Waals surface area contributed by atoms with Crippen molar-refractivity contribution in [1.82, 2.24) is 4.98 Å². The quantitative estimate of drug-likeness (QED) is 0.206. The fourth-order valence-corrected chi connectivity index (χ4v) is 4.86. The minimum absolute atomic E-state index is 0.0758. The first-order valence-electron chi connectivity index (χ1n) is 15.4. The molecule has 0 saturated carbocycles. The highest BCUT2D eigenvalue weighted by Gasteiger charge is 2.22. The molecule has 0 aliphatic rings. The number of pyridine rings is 1. The summed E-state index contributed by atoms with van der Waals surface area (Å²) >= 11 is 0. The van der Waals surface area contributed by atoms with Crippen molar-refractivity contribution < 1.29 is 0 Å². The van der Waals surface area contributed by atoms with E-state index < -0.39 is 0 Å². The fourth-order valence-electron chi connectivity index (χ4n) is 4.86. The average Bonchev–Trinajstić information content (AvgIpc) is 2.96. The van der Waals surface area contributed by atoms with Gasteiger partial charge in [-0.15, -0.1) is 0 Å². The molecule has 3 heteroatoms. The van der Waals surface area contributed by atoms with Gasteiger partial charge in [0.15, 0.2) is 0 Å². The summed E-state index contributed by atoms with van der Waals surface area (Å²) < 4.78 is 0. The van der Waals surface area contributed by atoms with Gasteiger partial charge in [0.05, 0.1) is 17.4 Å². The molecule has 0 radical (unpaired) electrons. The molecule has 0 aliphatic heterocycles. The third kappa shape index (κ3) is 8.95. The Balaban J connectivity index is 0.00000108. The highest BCUT2D eigenvalue weighted by molar-refractivity contribution is 5.76. The molecule has 4 rings (SSSR count). The molecule has 2 unspecified atom stereocenters. The molecule has 0 bridgehead atoms. The number of nitrogens with zero attached hydrogens (tertiary/aromatic N) is 1. The Morgan fingerprint density at radius 1 is 0.561 bits per heavy atom. The van der Waals surface area contributed by atoms with Crippen molar-refractivity contribution in [1.29, 1.82) is 0 Å². The van der Waals surface area contributed by atoms with Gasteiger partial charge in [-0.25, -0.2) is 0 Å². The van der Waals surface area contributed by atoms with Gasteiger partial charge < -0.3 is 10.6 Å². The molecule has 2 atom stereocenters. The first-order valence-corrected chi connectivity index (χ1v) is 15.4. The normalized spacial score (nSPS) is 12.6. The predicted molar refractivity (Wildman–Crippen MR) is 180 cm³/mol. The van der Waals surface area contributed by atoms with E-state index in [1.807, 2.05) is 0 Å². The summed E-state index contributed by atoms with van der Waals surface area (Å²) in [5, 5.41) is 7.58. The number of hydrogen-bond acceptors (Lipinski definition) is 3. The van der Waals surface area contributed by atoms with Crippen molar-refractivity contribution >= 4 is 11.4 Å². The molecule has 0 spiro atoms. The molecular weight excluding hydrogens is 498 g/mol. The number of para-hydroxylation sites is 2. The van der Waals surface area contributed by atoms with E-state index in [-0.39, 0.29) is 6.04 Å². The molecule has 4 aromatic rings. The van der Waals surface area contributed by atoms with Crippen LogP contribution in [0, 0.1) is 5.92 Å². The lowest BCUT2D eigenvalue weighted by Crippen LogP contribution is -2.18. The van der Waals surface area contributed by atoms with Gasteiger partial charge in [-0.3, -0.25) is 4.98 Å². The Hall–Kier alpha value is -3.59. The number of hydrogen-bond donors (Lipinski definition) is 2. The molecule has 218 valence electrons. The summed E-state index contributed by atoms with van der Waals surface area (Å²) in [6.45, 7) is 19.9. The van der Waals surface area contributed by atoms with Gasteiger partial charge in [-0.1, -0.05) is 122 Å². The lowest BCUT2D eigenvalue weighted by Gasteiger charge is -2.26. The molecule has 3 aromatic carbocycles. The zero-order chi connectivity index (χ0) is 29.9. The van der Waals surface area contributed by atoms with E-state index in [1.165, 1.54) is 16.7 Å². The third-order valence-electron chi connectivity index (χ3n) is 7.10. The van der Waals surface area contributed by atoms with Crippen LogP contribution in [0.5, 0.6) is 0 Å². The van der Waals surface area contributed by atoms with E-state index in [0.29, 0.717) is 17.9 Å². The van der Waals surface area contributed by atoms with E-state index in [1.54, 1.807) is 0 Å². The molecule has 0 aliphatic carbocycles. The lowest BCUT2D eigenvalue weighted by molar-refractivity contribution is 0.737. The van der Waals surface area contributed by atoms with Gasteiger partial charge in [-0.05, 0) is 72.1 Å². The Morgan fingerprint density at radius 2 is 1.10 bits per heavy atom. The van der Waals surface area contributed by atoms with Gasteiger partial charge in [0.25, 0.3) is 0 Å². The van der Waals surface area contributed by atoms with Crippen LogP contribution in [0.4, 0.5) is 11.4 Å². The first-order chi connectivity index (χ1) is 19.6. The zero-order valence-corrected chi connectivity index (χ0v) is 26.7. The summed E-state index contributed by atoms with van der Waals surface area (Å²) in [5.41, 5.74) is 9.33. The van der Waals surface area contributed by atoms with E-state index in [2.05, 4.69) is 164 Å². The number of anilines is 2. The second-order valence-corrected chi connectivity index (χ2v) is 12.3. The van der Waals surface area contributed by atoms with Crippen molar-refractivity contribution in [2.45, 2.75) is 92.7 Å². The molecule has 0 fully saturated rings. The minimum Gasteiger partial charge on any atom is -0.382 e. The molecule has 0 saturated heterocycles. The fraction of sp³-hybridized carbons (Fsp3) is 0.395. The second kappa shape index (κ2) is 15.4. The Bertz CT molecular complexity index is 1350. The van der Waals surface area contributed by atoms with Gasteiger partial charge in [0, 0.05) is 23.0 Å². The summed E-state index contributed by atoms with van der Waals surface area (Å²) in [6.07, 6.45) is 1.06. The van der Waals surface area contributed by atoms with E-state index in [9.17, 15) is 0 Å². The van der Waals surface area contributed by atoms with Crippen LogP contribution >= 0.6 is 0 Å². The second-order valence-electron chi connectivity index (χ2n) is 12.3. The Labute approximate surface area is 249 Å². The summed E-state index contributed by atoms with van der Waals surface area (Å²) in [7, 11) is 0. The van der Waals surface area contributed by atoms with E-state index in [0.717, 1.165) is 40.7 Å². The van der Waals surface area contributed by atoms with Crippen LogP contribution in [-0.4, -0.2) is 11.0 Å². The highest BCUT2D eigenvalue weighted by atomic mass is 15.0. The van der Waals surface area contributed by atoms with Crippen LogP contribution in [0.2, 0.25) is 0 Å². The standard InChI is InChI=1S/C34H41N3.C4H10/c1-7-25(6)35-31-20-13-11-18-29(31)32-21-14-22-33(36-32)34(28-17-9-8-15-26(28)23(2)3)37-30-19-12-10-16-27(30)24(4)5;1-4(2)3/h8-25,34-35,37H,7H2,1-6H3;4H,1-3H3. The van der Waals surface area contributed by atoms with Gasteiger partial charge in [0.2, 0.25) is 0 Å². The van der Waals surface area contributed by atoms with Crippen LogP contribution in [0.1, 0.15) is 109 Å². The topological polar surface area (TPSA) is 37.0 Å². The summed E-state index contributed by atoms with van der Waals surface area (Å²) in [6, 6.07) is 32.6. The zero-order valence-electron chi connectivity index (χ0n) is 26.7. The highest BCUT2D eigenvalue weighted by Crippen LogP contribution is 2.36.